The summed E-state index contributed by atoms with van der Waals surface area (Å²) < 4.78 is 1.95. The van der Waals surface area contributed by atoms with Gasteiger partial charge in [0.05, 0.1) is 5.60 Å². The Labute approximate surface area is 120 Å². The Kier molecular flexibility index (Phi) is 3.17. The molecule has 1 aromatic heterocycles. The van der Waals surface area contributed by atoms with Gasteiger partial charge in [-0.2, -0.15) is 0 Å². The smallest absolute Gasteiger partial charge is 0.140 e. The molecule has 0 saturated heterocycles. The van der Waals surface area contributed by atoms with Gasteiger partial charge in [-0.05, 0) is 31.2 Å². The maximum Gasteiger partial charge on any atom is 0.140 e. The average molecular weight is 267 g/mol. The Morgan fingerprint density at radius 2 is 2.20 bits per heavy atom. The molecule has 5 heteroatoms. The van der Waals surface area contributed by atoms with E-state index < -0.39 is 5.60 Å². The third-order valence-electron chi connectivity index (χ3n) is 4.17. The van der Waals surface area contributed by atoms with Crippen molar-refractivity contribution in [3.8, 4) is 0 Å². The normalized spacial score (nSPS) is 27.1. The van der Waals surface area contributed by atoms with Crippen LogP contribution in [0.2, 0.25) is 0 Å². The number of hydrogen-bond acceptors (Lipinski definition) is 3. The van der Waals surface area contributed by atoms with Crippen LogP contribution in [-0.4, -0.2) is 33.3 Å². The van der Waals surface area contributed by atoms with E-state index in [1.54, 1.807) is 6.33 Å². The molecule has 2 radical (unpaired) electrons. The van der Waals surface area contributed by atoms with E-state index >= 15 is 0 Å². The van der Waals surface area contributed by atoms with Gasteiger partial charge in [0.15, 0.2) is 0 Å². The predicted molar refractivity (Wildman–Crippen MR) is 78.0 cm³/mol. The summed E-state index contributed by atoms with van der Waals surface area (Å²) in [6.07, 6.45) is 3.27. The molecule has 2 aromatic rings. The summed E-state index contributed by atoms with van der Waals surface area (Å²) in [5.41, 5.74) is 1.34. The topological polar surface area (TPSA) is 50.9 Å². The van der Waals surface area contributed by atoms with Crippen molar-refractivity contribution in [3.63, 3.8) is 0 Å². The number of aliphatic hydroxyl groups is 1. The van der Waals surface area contributed by atoms with Crippen LogP contribution in [-0.2, 0) is 7.05 Å². The fourth-order valence-corrected chi connectivity index (χ4v) is 3.26. The van der Waals surface area contributed by atoms with Gasteiger partial charge in [-0.1, -0.05) is 29.7 Å². The van der Waals surface area contributed by atoms with Gasteiger partial charge < -0.3 is 9.67 Å². The molecule has 1 heterocycles. The van der Waals surface area contributed by atoms with Crippen LogP contribution in [0, 0.1) is 5.92 Å². The SMILES string of the molecule is [B]c1cccc(C(c2nncn2C)C2CC(C)(O)C2)c1. The van der Waals surface area contributed by atoms with Gasteiger partial charge in [-0.3, -0.25) is 0 Å². The molecule has 1 fully saturated rings. The summed E-state index contributed by atoms with van der Waals surface area (Å²) in [4.78, 5) is 0. The molecule has 0 aliphatic heterocycles. The first kappa shape index (κ1) is 13.4. The highest BCUT2D eigenvalue weighted by molar-refractivity contribution is 6.32. The van der Waals surface area contributed by atoms with Gasteiger partial charge >= 0.3 is 0 Å². The second-order valence-electron chi connectivity index (χ2n) is 6.11. The molecule has 3 rings (SSSR count). The van der Waals surface area contributed by atoms with E-state index in [1.807, 2.05) is 36.7 Å². The van der Waals surface area contributed by atoms with Gasteiger partial charge in [0.25, 0.3) is 0 Å². The minimum Gasteiger partial charge on any atom is -0.390 e. The van der Waals surface area contributed by atoms with Gasteiger partial charge in [-0.25, -0.2) is 0 Å². The minimum absolute atomic E-state index is 0.131. The quantitative estimate of drug-likeness (QED) is 0.841. The predicted octanol–water partition coefficient (Wildman–Crippen LogP) is 0.902. The lowest BCUT2D eigenvalue weighted by Crippen LogP contribution is -2.44. The third-order valence-corrected chi connectivity index (χ3v) is 4.17. The van der Waals surface area contributed by atoms with E-state index in [2.05, 4.69) is 16.3 Å². The summed E-state index contributed by atoms with van der Waals surface area (Å²) in [6.45, 7) is 1.89. The van der Waals surface area contributed by atoms with Crippen LogP contribution in [0.15, 0.2) is 30.6 Å². The second-order valence-corrected chi connectivity index (χ2v) is 6.11. The van der Waals surface area contributed by atoms with E-state index in [4.69, 9.17) is 7.85 Å². The summed E-state index contributed by atoms with van der Waals surface area (Å²) in [5.74, 6) is 1.43. The molecule has 1 saturated carbocycles. The molecule has 1 N–H and O–H groups in total. The van der Waals surface area contributed by atoms with Crippen LogP contribution in [0.4, 0.5) is 0 Å². The van der Waals surface area contributed by atoms with Crippen molar-refractivity contribution in [2.45, 2.75) is 31.3 Å². The Hall–Kier alpha value is -1.62. The largest absolute Gasteiger partial charge is 0.390 e. The van der Waals surface area contributed by atoms with Crippen molar-refractivity contribution in [3.05, 3.63) is 42.0 Å². The molecule has 4 nitrogen and oxygen atoms in total. The number of aromatic nitrogens is 3. The fraction of sp³-hybridized carbons (Fsp3) is 0.467. The molecule has 102 valence electrons. The van der Waals surface area contributed by atoms with E-state index in [0.29, 0.717) is 5.92 Å². The highest BCUT2D eigenvalue weighted by atomic mass is 16.3. The Morgan fingerprint density at radius 3 is 2.75 bits per heavy atom. The number of benzene rings is 1. The lowest BCUT2D eigenvalue weighted by molar-refractivity contribution is -0.0626. The van der Waals surface area contributed by atoms with Crippen LogP contribution in [0.3, 0.4) is 0 Å². The highest BCUT2D eigenvalue weighted by Crippen LogP contribution is 2.47. The Morgan fingerprint density at radius 1 is 1.45 bits per heavy atom. The Balaban J connectivity index is 1.99. The molecule has 0 bridgehead atoms. The standard InChI is InChI=1S/C15H18BN3O/c1-15(20)7-11(8-15)13(14-18-17-9-19(14)2)10-4-3-5-12(16)6-10/h3-6,9,11,13,20H,7-8H2,1-2H3. The number of aryl methyl sites for hydroxylation is 1. The maximum absolute atomic E-state index is 10.0. The van der Waals surface area contributed by atoms with E-state index in [0.717, 1.165) is 29.7 Å². The molecular formula is C15H18BN3O. The number of nitrogens with zero attached hydrogens (tertiary/aromatic N) is 3. The maximum atomic E-state index is 10.0. The van der Waals surface area contributed by atoms with Crippen LogP contribution in [0.25, 0.3) is 0 Å². The van der Waals surface area contributed by atoms with Crippen molar-refractivity contribution in [1.29, 1.82) is 0 Å². The van der Waals surface area contributed by atoms with Crippen molar-refractivity contribution in [1.82, 2.24) is 14.8 Å². The number of hydrogen-bond donors (Lipinski definition) is 1. The van der Waals surface area contributed by atoms with Crippen molar-refractivity contribution in [2.24, 2.45) is 13.0 Å². The second kappa shape index (κ2) is 4.74. The van der Waals surface area contributed by atoms with Crippen molar-refractivity contribution < 1.29 is 5.11 Å². The first-order valence-electron chi connectivity index (χ1n) is 6.88. The zero-order valence-electron chi connectivity index (χ0n) is 11.8. The summed E-state index contributed by atoms with van der Waals surface area (Å²) in [7, 11) is 7.86. The lowest BCUT2D eigenvalue weighted by Gasteiger charge is -2.44. The monoisotopic (exact) mass is 267 g/mol. The van der Waals surface area contributed by atoms with Crippen molar-refractivity contribution >= 4 is 13.3 Å². The lowest BCUT2D eigenvalue weighted by atomic mass is 9.64. The van der Waals surface area contributed by atoms with E-state index in [1.165, 1.54) is 0 Å². The van der Waals surface area contributed by atoms with Crippen LogP contribution in [0.1, 0.15) is 37.1 Å². The van der Waals surface area contributed by atoms with E-state index in [9.17, 15) is 5.11 Å². The van der Waals surface area contributed by atoms with Crippen LogP contribution in [0.5, 0.6) is 0 Å². The molecule has 1 atom stereocenters. The van der Waals surface area contributed by atoms with Crippen molar-refractivity contribution in [2.75, 3.05) is 0 Å². The first-order chi connectivity index (χ1) is 9.46. The van der Waals surface area contributed by atoms with Gasteiger partial charge in [0, 0.05) is 13.0 Å². The zero-order valence-corrected chi connectivity index (χ0v) is 11.8. The van der Waals surface area contributed by atoms with Gasteiger partial charge in [0.1, 0.15) is 20.0 Å². The van der Waals surface area contributed by atoms with Gasteiger partial charge in [0.2, 0.25) is 0 Å². The molecule has 0 amide bonds. The third kappa shape index (κ3) is 2.38. The summed E-state index contributed by atoms with van der Waals surface area (Å²) in [6, 6.07) is 7.91. The molecule has 0 spiro atoms. The molecule has 1 aliphatic carbocycles. The van der Waals surface area contributed by atoms with Gasteiger partial charge in [-0.15, -0.1) is 10.2 Å². The number of rotatable bonds is 3. The summed E-state index contributed by atoms with van der Waals surface area (Å²) in [5, 5.41) is 18.3. The fourth-order valence-electron chi connectivity index (χ4n) is 3.26. The molecular weight excluding hydrogens is 249 g/mol. The van der Waals surface area contributed by atoms with Crippen LogP contribution < -0.4 is 5.46 Å². The molecule has 20 heavy (non-hydrogen) atoms. The average Bonchev–Trinajstić information content (AvgIpc) is 2.74. The Bertz CT molecular complexity index is 615. The summed E-state index contributed by atoms with van der Waals surface area (Å²) >= 11 is 0. The highest BCUT2D eigenvalue weighted by Gasteiger charge is 2.44. The van der Waals surface area contributed by atoms with Crippen LogP contribution >= 0.6 is 0 Å². The molecule has 1 aromatic carbocycles. The molecule has 1 unspecified atom stereocenters. The first-order valence-corrected chi connectivity index (χ1v) is 6.88. The molecule has 1 aliphatic rings. The minimum atomic E-state index is -0.554. The zero-order chi connectivity index (χ0) is 14.3. The van der Waals surface area contributed by atoms with E-state index in [-0.39, 0.29) is 5.92 Å².